The molecule has 32 heavy (non-hydrogen) atoms. The van der Waals surface area contributed by atoms with Crippen molar-refractivity contribution in [1.29, 1.82) is 0 Å². The average Bonchev–Trinajstić information content (AvgIpc) is 3.33. The van der Waals surface area contributed by atoms with Crippen LogP contribution in [-0.2, 0) is 10.0 Å². The summed E-state index contributed by atoms with van der Waals surface area (Å²) in [5.41, 5.74) is 1.30. The molecular formula is C24H40N4O3S. The van der Waals surface area contributed by atoms with E-state index < -0.39 is 10.0 Å². The number of likely N-dealkylation sites (tertiary alicyclic amines) is 1. The van der Waals surface area contributed by atoms with Gasteiger partial charge in [0.2, 0.25) is 10.0 Å². The molecule has 2 aliphatic heterocycles. The van der Waals surface area contributed by atoms with Gasteiger partial charge in [0.1, 0.15) is 0 Å². The number of carbonyl (C=O) groups excluding carboxylic acids is 1. The summed E-state index contributed by atoms with van der Waals surface area (Å²) in [6.07, 6.45) is 6.01. The Hall–Kier alpha value is -1.64. The van der Waals surface area contributed by atoms with E-state index in [0.29, 0.717) is 31.1 Å². The zero-order chi connectivity index (χ0) is 23.1. The standard InChI is InChI=1S/C24H40N4O3S/c1-4-28(5-2)32(30,31)21-11-12-23(27-15-9-10-16-27)22(17-21)24(29)25-18-20(3)19-26-13-7-6-8-14-26/h11-12,17,20H,4-10,13-16,18-19H2,1-3H3,(H,25,29). The highest BCUT2D eigenvalue weighted by Gasteiger charge is 2.26. The molecule has 1 aromatic carbocycles. The van der Waals surface area contributed by atoms with Gasteiger partial charge < -0.3 is 15.1 Å². The van der Waals surface area contributed by atoms with Crippen molar-refractivity contribution >= 4 is 21.6 Å². The Morgan fingerprint density at radius 2 is 1.66 bits per heavy atom. The lowest BCUT2D eigenvalue weighted by Crippen LogP contribution is -2.38. The third-order valence-corrected chi connectivity index (χ3v) is 8.68. The maximum Gasteiger partial charge on any atom is 0.253 e. The molecular weight excluding hydrogens is 424 g/mol. The molecule has 1 unspecified atom stereocenters. The molecule has 2 saturated heterocycles. The van der Waals surface area contributed by atoms with Crippen LogP contribution in [0.25, 0.3) is 0 Å². The second kappa shape index (κ2) is 11.5. The summed E-state index contributed by atoms with van der Waals surface area (Å²) in [6.45, 7) is 12.3. The molecule has 180 valence electrons. The van der Waals surface area contributed by atoms with Crippen molar-refractivity contribution in [3.63, 3.8) is 0 Å². The topological polar surface area (TPSA) is 73.0 Å². The Morgan fingerprint density at radius 1 is 1.03 bits per heavy atom. The number of anilines is 1. The van der Waals surface area contributed by atoms with E-state index in [1.807, 2.05) is 19.9 Å². The molecule has 3 rings (SSSR count). The van der Waals surface area contributed by atoms with Gasteiger partial charge in [0.25, 0.3) is 5.91 Å². The second-order valence-corrected chi connectivity index (χ2v) is 11.1. The predicted octanol–water partition coefficient (Wildman–Crippen LogP) is 3.17. The Kier molecular flexibility index (Phi) is 8.96. The van der Waals surface area contributed by atoms with E-state index in [4.69, 9.17) is 0 Å². The summed E-state index contributed by atoms with van der Waals surface area (Å²) in [4.78, 5) is 18.1. The van der Waals surface area contributed by atoms with Crippen LogP contribution in [0.4, 0.5) is 5.69 Å². The smallest absolute Gasteiger partial charge is 0.253 e. The third kappa shape index (κ3) is 6.02. The number of benzene rings is 1. The molecule has 2 aliphatic rings. The van der Waals surface area contributed by atoms with Crippen molar-refractivity contribution in [2.24, 2.45) is 5.92 Å². The highest BCUT2D eigenvalue weighted by atomic mass is 32.2. The molecule has 1 N–H and O–H groups in total. The lowest BCUT2D eigenvalue weighted by Gasteiger charge is -2.29. The van der Waals surface area contributed by atoms with Gasteiger partial charge in [-0.05, 0) is 62.9 Å². The van der Waals surface area contributed by atoms with E-state index in [2.05, 4.69) is 22.0 Å². The SMILES string of the molecule is CCN(CC)S(=O)(=O)c1ccc(N2CCCC2)c(C(=O)NCC(C)CN2CCCCC2)c1. The third-order valence-electron chi connectivity index (χ3n) is 6.63. The number of amides is 1. The van der Waals surface area contributed by atoms with Crippen LogP contribution >= 0.6 is 0 Å². The number of hydrogen-bond acceptors (Lipinski definition) is 5. The van der Waals surface area contributed by atoms with Crippen LogP contribution in [0, 0.1) is 5.92 Å². The summed E-state index contributed by atoms with van der Waals surface area (Å²) in [5, 5.41) is 3.09. The maximum atomic E-state index is 13.2. The van der Waals surface area contributed by atoms with E-state index >= 15 is 0 Å². The molecule has 1 atom stereocenters. The fourth-order valence-corrected chi connectivity index (χ4v) is 6.30. The van der Waals surface area contributed by atoms with Crippen LogP contribution in [-0.4, -0.2) is 75.9 Å². The zero-order valence-electron chi connectivity index (χ0n) is 20.0. The van der Waals surface area contributed by atoms with Gasteiger partial charge >= 0.3 is 0 Å². The summed E-state index contributed by atoms with van der Waals surface area (Å²) in [7, 11) is -3.62. The Morgan fingerprint density at radius 3 is 2.28 bits per heavy atom. The van der Waals surface area contributed by atoms with E-state index in [0.717, 1.165) is 51.3 Å². The van der Waals surface area contributed by atoms with Gasteiger partial charge in [-0.3, -0.25) is 4.79 Å². The number of piperidine rings is 1. The molecule has 0 aliphatic carbocycles. The van der Waals surface area contributed by atoms with Crippen molar-refractivity contribution in [2.75, 3.05) is 57.3 Å². The summed E-state index contributed by atoms with van der Waals surface area (Å²) in [6, 6.07) is 5.04. The highest BCUT2D eigenvalue weighted by Crippen LogP contribution is 2.28. The first-order valence-electron chi connectivity index (χ1n) is 12.3. The molecule has 7 nitrogen and oxygen atoms in total. The van der Waals surface area contributed by atoms with Crippen molar-refractivity contribution in [1.82, 2.24) is 14.5 Å². The number of hydrogen-bond donors (Lipinski definition) is 1. The van der Waals surface area contributed by atoms with Crippen molar-refractivity contribution < 1.29 is 13.2 Å². The minimum absolute atomic E-state index is 0.186. The van der Waals surface area contributed by atoms with Gasteiger partial charge in [-0.25, -0.2) is 8.42 Å². The molecule has 2 fully saturated rings. The van der Waals surface area contributed by atoms with Crippen LogP contribution < -0.4 is 10.2 Å². The Balaban J connectivity index is 1.77. The molecule has 2 heterocycles. The Labute approximate surface area is 194 Å². The van der Waals surface area contributed by atoms with E-state index in [1.54, 1.807) is 12.1 Å². The molecule has 0 saturated carbocycles. The monoisotopic (exact) mass is 464 g/mol. The van der Waals surface area contributed by atoms with Crippen LogP contribution in [0.2, 0.25) is 0 Å². The minimum Gasteiger partial charge on any atom is -0.371 e. The number of nitrogens with zero attached hydrogens (tertiary/aromatic N) is 3. The van der Waals surface area contributed by atoms with E-state index in [9.17, 15) is 13.2 Å². The van der Waals surface area contributed by atoms with Crippen molar-refractivity contribution in [2.45, 2.75) is 57.8 Å². The summed E-state index contributed by atoms with van der Waals surface area (Å²) in [5.74, 6) is 0.156. The largest absolute Gasteiger partial charge is 0.371 e. The second-order valence-electron chi connectivity index (χ2n) is 9.14. The highest BCUT2D eigenvalue weighted by molar-refractivity contribution is 7.89. The molecule has 0 spiro atoms. The number of rotatable bonds is 10. The molecule has 0 radical (unpaired) electrons. The van der Waals surface area contributed by atoms with Crippen LogP contribution in [0.1, 0.15) is 63.2 Å². The first-order valence-corrected chi connectivity index (χ1v) is 13.7. The van der Waals surface area contributed by atoms with Gasteiger partial charge in [0.05, 0.1) is 10.5 Å². The van der Waals surface area contributed by atoms with Gasteiger partial charge in [0, 0.05) is 45.0 Å². The van der Waals surface area contributed by atoms with Gasteiger partial charge in [-0.15, -0.1) is 0 Å². The lowest BCUT2D eigenvalue weighted by molar-refractivity contribution is 0.0943. The quantitative estimate of drug-likeness (QED) is 0.576. The summed E-state index contributed by atoms with van der Waals surface area (Å²) >= 11 is 0. The average molecular weight is 465 g/mol. The van der Waals surface area contributed by atoms with Gasteiger partial charge in [0.15, 0.2) is 0 Å². The lowest BCUT2D eigenvalue weighted by atomic mass is 10.1. The molecule has 1 aromatic rings. The van der Waals surface area contributed by atoms with Crippen LogP contribution in [0.15, 0.2) is 23.1 Å². The molecule has 0 aromatic heterocycles. The van der Waals surface area contributed by atoms with Gasteiger partial charge in [-0.1, -0.05) is 27.2 Å². The molecule has 8 heteroatoms. The van der Waals surface area contributed by atoms with Gasteiger partial charge in [-0.2, -0.15) is 4.31 Å². The molecule has 0 bridgehead atoms. The molecule has 1 amide bonds. The predicted molar refractivity (Wildman–Crippen MR) is 130 cm³/mol. The minimum atomic E-state index is -3.62. The first-order chi connectivity index (χ1) is 15.4. The maximum absolute atomic E-state index is 13.2. The zero-order valence-corrected chi connectivity index (χ0v) is 20.8. The van der Waals surface area contributed by atoms with E-state index in [1.165, 1.54) is 23.6 Å². The normalized spacial score (nSPS) is 18.8. The van der Waals surface area contributed by atoms with E-state index in [-0.39, 0.29) is 10.8 Å². The summed E-state index contributed by atoms with van der Waals surface area (Å²) < 4.78 is 27.6. The number of sulfonamides is 1. The van der Waals surface area contributed by atoms with Crippen molar-refractivity contribution in [3.05, 3.63) is 23.8 Å². The van der Waals surface area contributed by atoms with Crippen LogP contribution in [0.3, 0.4) is 0 Å². The fourth-order valence-electron chi connectivity index (χ4n) is 4.81. The van der Waals surface area contributed by atoms with Crippen molar-refractivity contribution in [3.8, 4) is 0 Å². The number of carbonyl (C=O) groups is 1. The number of nitrogens with one attached hydrogen (secondary N) is 1. The Bertz CT molecular complexity index is 858. The van der Waals surface area contributed by atoms with Crippen LogP contribution in [0.5, 0.6) is 0 Å². The fraction of sp³-hybridized carbons (Fsp3) is 0.708. The first kappa shape index (κ1) is 25.0.